The summed E-state index contributed by atoms with van der Waals surface area (Å²) >= 11 is 0. The predicted molar refractivity (Wildman–Crippen MR) is 75.0 cm³/mol. The first-order valence-corrected chi connectivity index (χ1v) is 6.57. The number of carbonyl (C=O) groups is 1. The van der Waals surface area contributed by atoms with Crippen molar-refractivity contribution in [1.82, 2.24) is 15.0 Å². The van der Waals surface area contributed by atoms with Gasteiger partial charge in [-0.3, -0.25) is 4.79 Å². The van der Waals surface area contributed by atoms with Gasteiger partial charge in [0.2, 0.25) is 0 Å². The van der Waals surface area contributed by atoms with E-state index in [1.54, 1.807) is 0 Å². The Morgan fingerprint density at radius 1 is 1.26 bits per heavy atom. The second-order valence-electron chi connectivity index (χ2n) is 5.21. The van der Waals surface area contributed by atoms with Gasteiger partial charge in [-0.15, -0.1) is 5.10 Å². The van der Waals surface area contributed by atoms with Crippen LogP contribution in [0.3, 0.4) is 0 Å². The molecule has 1 aromatic heterocycles. The Hall–Kier alpha value is -1.97. The van der Waals surface area contributed by atoms with Crippen molar-refractivity contribution in [3.63, 3.8) is 0 Å². The van der Waals surface area contributed by atoms with Gasteiger partial charge in [0.05, 0.1) is 5.69 Å². The molecule has 0 aliphatic carbocycles. The molecule has 0 amide bonds. The van der Waals surface area contributed by atoms with Crippen LogP contribution in [0.15, 0.2) is 24.3 Å². The highest BCUT2D eigenvalue weighted by atomic mass is 16.1. The largest absolute Gasteiger partial charge is 0.296 e. The Labute approximate surface area is 113 Å². The molecule has 4 heteroatoms. The van der Waals surface area contributed by atoms with Crippen LogP contribution >= 0.6 is 0 Å². The van der Waals surface area contributed by atoms with Gasteiger partial charge < -0.3 is 0 Å². The lowest BCUT2D eigenvalue weighted by molar-refractivity contribution is 0.111. The second kappa shape index (κ2) is 5.78. The molecule has 100 valence electrons. The summed E-state index contributed by atoms with van der Waals surface area (Å²) in [5.41, 5.74) is 3.40. The van der Waals surface area contributed by atoms with Crippen LogP contribution < -0.4 is 0 Å². The third kappa shape index (κ3) is 3.08. The lowest BCUT2D eigenvalue weighted by Gasteiger charge is -2.09. The van der Waals surface area contributed by atoms with Crippen molar-refractivity contribution in [3.8, 4) is 11.3 Å². The molecule has 1 aromatic carbocycles. The molecule has 0 N–H and O–H groups in total. The van der Waals surface area contributed by atoms with Crippen LogP contribution in [0.5, 0.6) is 0 Å². The maximum atomic E-state index is 11.1. The topological polar surface area (TPSA) is 47.8 Å². The normalized spacial score (nSPS) is 10.9. The van der Waals surface area contributed by atoms with E-state index in [9.17, 15) is 4.79 Å². The molecule has 0 aliphatic rings. The molecule has 4 nitrogen and oxygen atoms in total. The predicted octanol–water partition coefficient (Wildman–Crippen LogP) is 3.11. The Balaban J connectivity index is 2.38. The van der Waals surface area contributed by atoms with Crippen molar-refractivity contribution < 1.29 is 4.79 Å². The van der Waals surface area contributed by atoms with Crippen molar-refractivity contribution in [2.75, 3.05) is 0 Å². The Bertz CT molecular complexity index is 555. The fourth-order valence-electron chi connectivity index (χ4n) is 1.95. The van der Waals surface area contributed by atoms with E-state index < -0.39 is 0 Å². The van der Waals surface area contributed by atoms with Gasteiger partial charge in [0, 0.05) is 12.1 Å². The standard InChI is InChI=1S/C15H19N3O/c1-11(2)8-9-18-15(14(10-19)16-17-18)13-6-4-12(3)5-7-13/h4-7,10-11H,8-9H2,1-3H3. The van der Waals surface area contributed by atoms with E-state index in [1.165, 1.54) is 5.56 Å². The number of aromatic nitrogens is 3. The van der Waals surface area contributed by atoms with Crippen LogP contribution in [-0.2, 0) is 6.54 Å². The number of aldehydes is 1. The highest BCUT2D eigenvalue weighted by Gasteiger charge is 2.14. The second-order valence-corrected chi connectivity index (χ2v) is 5.21. The zero-order chi connectivity index (χ0) is 13.8. The molecule has 0 unspecified atom stereocenters. The summed E-state index contributed by atoms with van der Waals surface area (Å²) in [5, 5.41) is 8.05. The summed E-state index contributed by atoms with van der Waals surface area (Å²) in [6, 6.07) is 8.08. The van der Waals surface area contributed by atoms with Crippen molar-refractivity contribution in [3.05, 3.63) is 35.5 Å². The molecular weight excluding hydrogens is 238 g/mol. The molecule has 0 radical (unpaired) electrons. The van der Waals surface area contributed by atoms with Gasteiger partial charge in [0.25, 0.3) is 0 Å². The third-order valence-electron chi connectivity index (χ3n) is 3.12. The van der Waals surface area contributed by atoms with E-state index in [2.05, 4.69) is 24.2 Å². The van der Waals surface area contributed by atoms with Gasteiger partial charge in [0.15, 0.2) is 12.0 Å². The molecular formula is C15H19N3O. The van der Waals surface area contributed by atoms with Gasteiger partial charge in [0.1, 0.15) is 0 Å². The molecule has 2 rings (SSSR count). The minimum absolute atomic E-state index is 0.410. The van der Waals surface area contributed by atoms with Crippen LogP contribution in [0.25, 0.3) is 11.3 Å². The zero-order valence-corrected chi connectivity index (χ0v) is 11.6. The Morgan fingerprint density at radius 3 is 2.53 bits per heavy atom. The summed E-state index contributed by atoms with van der Waals surface area (Å²) < 4.78 is 1.83. The fraction of sp³-hybridized carbons (Fsp3) is 0.400. The molecule has 0 fully saturated rings. The van der Waals surface area contributed by atoms with Crippen LogP contribution in [0.4, 0.5) is 0 Å². The van der Waals surface area contributed by atoms with Crippen LogP contribution in [0, 0.1) is 12.8 Å². The van der Waals surface area contributed by atoms with E-state index in [4.69, 9.17) is 0 Å². The van der Waals surface area contributed by atoms with Crippen LogP contribution in [-0.4, -0.2) is 21.3 Å². The summed E-state index contributed by atoms with van der Waals surface area (Å²) in [6.45, 7) is 7.16. The van der Waals surface area contributed by atoms with Crippen LogP contribution in [0.2, 0.25) is 0 Å². The molecule has 19 heavy (non-hydrogen) atoms. The van der Waals surface area contributed by atoms with E-state index >= 15 is 0 Å². The monoisotopic (exact) mass is 257 g/mol. The van der Waals surface area contributed by atoms with E-state index in [0.29, 0.717) is 11.6 Å². The van der Waals surface area contributed by atoms with Crippen molar-refractivity contribution >= 4 is 6.29 Å². The number of hydrogen-bond acceptors (Lipinski definition) is 3. The molecule has 0 saturated heterocycles. The van der Waals surface area contributed by atoms with Gasteiger partial charge in [-0.2, -0.15) is 0 Å². The molecule has 0 bridgehead atoms. The van der Waals surface area contributed by atoms with E-state index in [1.807, 2.05) is 35.9 Å². The first-order valence-electron chi connectivity index (χ1n) is 6.57. The third-order valence-corrected chi connectivity index (χ3v) is 3.12. The summed E-state index contributed by atoms with van der Waals surface area (Å²) in [5.74, 6) is 0.592. The average Bonchev–Trinajstić information content (AvgIpc) is 2.80. The highest BCUT2D eigenvalue weighted by molar-refractivity contribution is 5.83. The minimum atomic E-state index is 0.410. The van der Waals surface area contributed by atoms with Crippen molar-refractivity contribution in [2.45, 2.75) is 33.7 Å². The van der Waals surface area contributed by atoms with E-state index in [0.717, 1.165) is 30.5 Å². The molecule has 2 aromatic rings. The first kappa shape index (κ1) is 13.5. The summed E-state index contributed by atoms with van der Waals surface area (Å²) in [4.78, 5) is 11.1. The number of carbonyl (C=O) groups excluding carboxylic acids is 1. The smallest absolute Gasteiger partial charge is 0.172 e. The number of aryl methyl sites for hydroxylation is 2. The molecule has 0 spiro atoms. The summed E-state index contributed by atoms with van der Waals surface area (Å²) in [6.07, 6.45) is 1.79. The Morgan fingerprint density at radius 2 is 1.95 bits per heavy atom. The first-order chi connectivity index (χ1) is 9.11. The Kier molecular flexibility index (Phi) is 4.10. The number of benzene rings is 1. The maximum Gasteiger partial charge on any atom is 0.172 e. The summed E-state index contributed by atoms with van der Waals surface area (Å²) in [7, 11) is 0. The molecule has 0 aliphatic heterocycles. The number of nitrogens with zero attached hydrogens (tertiary/aromatic N) is 3. The quantitative estimate of drug-likeness (QED) is 0.773. The minimum Gasteiger partial charge on any atom is -0.296 e. The fourth-order valence-corrected chi connectivity index (χ4v) is 1.95. The number of hydrogen-bond donors (Lipinski definition) is 0. The molecule has 0 saturated carbocycles. The van der Waals surface area contributed by atoms with Crippen molar-refractivity contribution in [1.29, 1.82) is 0 Å². The van der Waals surface area contributed by atoms with Gasteiger partial charge >= 0.3 is 0 Å². The SMILES string of the molecule is Cc1ccc(-c2c(C=O)nnn2CCC(C)C)cc1. The lowest BCUT2D eigenvalue weighted by atomic mass is 10.1. The maximum absolute atomic E-state index is 11.1. The van der Waals surface area contributed by atoms with Gasteiger partial charge in [-0.05, 0) is 19.3 Å². The van der Waals surface area contributed by atoms with E-state index in [-0.39, 0.29) is 0 Å². The molecule has 0 atom stereocenters. The van der Waals surface area contributed by atoms with Crippen LogP contribution in [0.1, 0.15) is 36.3 Å². The number of rotatable bonds is 5. The molecule has 1 heterocycles. The van der Waals surface area contributed by atoms with Gasteiger partial charge in [-0.25, -0.2) is 4.68 Å². The lowest BCUT2D eigenvalue weighted by Crippen LogP contribution is -2.05. The highest BCUT2D eigenvalue weighted by Crippen LogP contribution is 2.22. The zero-order valence-electron chi connectivity index (χ0n) is 11.6. The van der Waals surface area contributed by atoms with Crippen molar-refractivity contribution in [2.24, 2.45) is 5.92 Å². The average molecular weight is 257 g/mol. The van der Waals surface area contributed by atoms with Gasteiger partial charge in [-0.1, -0.05) is 48.9 Å².